The van der Waals surface area contributed by atoms with Crippen LogP contribution in [0.1, 0.15) is 25.4 Å². The molecule has 3 aromatic rings. The lowest BCUT2D eigenvalue weighted by Gasteiger charge is -2.01. The maximum Gasteiger partial charge on any atom is 0.148 e. The zero-order valence-electron chi connectivity index (χ0n) is 13.8. The van der Waals surface area contributed by atoms with Crippen LogP contribution in [0.15, 0.2) is 75.1 Å². The Kier molecular flexibility index (Phi) is 5.37. The molecule has 0 bridgehead atoms. The molecule has 0 spiro atoms. The highest BCUT2D eigenvalue weighted by Crippen LogP contribution is 2.26. The van der Waals surface area contributed by atoms with Gasteiger partial charge in [-0.2, -0.15) is 0 Å². The van der Waals surface area contributed by atoms with E-state index in [2.05, 4.69) is 9.98 Å². The van der Waals surface area contributed by atoms with Crippen LogP contribution in [0.5, 0.6) is 0 Å². The Labute approximate surface area is 156 Å². The first-order valence-electron chi connectivity index (χ1n) is 7.75. The van der Waals surface area contributed by atoms with Crippen LogP contribution in [0.4, 0.5) is 11.4 Å². The monoisotopic (exact) mass is 370 g/mol. The number of aliphatic imine (C=N–C) groups is 2. The number of para-hydroxylation sites is 2. The van der Waals surface area contributed by atoms with Crippen molar-refractivity contribution in [3.05, 3.63) is 82.2 Å². The largest absolute Gasteiger partial charge is 0.454 e. The van der Waals surface area contributed by atoms with E-state index in [9.17, 15) is 0 Å². The molecule has 0 fully saturated rings. The molecule has 0 aliphatic carbocycles. The van der Waals surface area contributed by atoms with Crippen LogP contribution in [0.3, 0.4) is 0 Å². The third-order valence-electron chi connectivity index (χ3n) is 3.60. The maximum atomic E-state index is 6.15. The van der Waals surface area contributed by atoms with Crippen LogP contribution in [0.25, 0.3) is 0 Å². The van der Waals surface area contributed by atoms with Gasteiger partial charge in [0.1, 0.15) is 11.5 Å². The maximum absolute atomic E-state index is 6.15. The number of nitrogens with zero attached hydrogens (tertiary/aromatic N) is 2. The standard InChI is InChI=1S/C20H16Cl2N2O/c1-13(23-17-9-5-3-7-15(17)21)19-11-12-20(25-19)14(2)24-18-10-6-4-8-16(18)22/h3-12H,1-2H3. The Morgan fingerprint density at radius 1 is 0.680 bits per heavy atom. The molecule has 1 heterocycles. The summed E-state index contributed by atoms with van der Waals surface area (Å²) in [6, 6.07) is 18.6. The molecule has 0 unspecified atom stereocenters. The lowest BCUT2D eigenvalue weighted by Crippen LogP contribution is -1.93. The molecule has 0 saturated heterocycles. The smallest absolute Gasteiger partial charge is 0.148 e. The Bertz CT molecular complexity index is 882. The zero-order valence-corrected chi connectivity index (χ0v) is 15.3. The fourth-order valence-electron chi connectivity index (χ4n) is 2.28. The SMILES string of the molecule is CC(=Nc1ccccc1Cl)c1ccc(C(C)=Nc2ccccc2Cl)o1. The van der Waals surface area contributed by atoms with E-state index in [1.165, 1.54) is 0 Å². The third-order valence-corrected chi connectivity index (χ3v) is 4.24. The first-order chi connectivity index (χ1) is 12.0. The summed E-state index contributed by atoms with van der Waals surface area (Å²) in [5.41, 5.74) is 2.90. The molecule has 0 aliphatic heterocycles. The summed E-state index contributed by atoms with van der Waals surface area (Å²) in [7, 11) is 0. The normalized spacial score (nSPS) is 12.5. The molecule has 3 nitrogen and oxygen atoms in total. The summed E-state index contributed by atoms with van der Waals surface area (Å²) in [6.45, 7) is 3.76. The van der Waals surface area contributed by atoms with Crippen molar-refractivity contribution in [2.45, 2.75) is 13.8 Å². The summed E-state index contributed by atoms with van der Waals surface area (Å²) in [6.07, 6.45) is 0. The molecule has 1 aromatic heterocycles. The number of hydrogen-bond acceptors (Lipinski definition) is 3. The van der Waals surface area contributed by atoms with E-state index in [0.29, 0.717) is 32.9 Å². The molecule has 3 rings (SSSR count). The second-order valence-electron chi connectivity index (χ2n) is 5.46. The quantitative estimate of drug-likeness (QED) is 0.461. The second-order valence-corrected chi connectivity index (χ2v) is 6.28. The van der Waals surface area contributed by atoms with Crippen LogP contribution >= 0.6 is 23.2 Å². The Balaban J connectivity index is 1.87. The molecule has 5 heteroatoms. The summed E-state index contributed by atoms with van der Waals surface area (Å²) in [4.78, 5) is 9.06. The minimum Gasteiger partial charge on any atom is -0.454 e. The average molecular weight is 371 g/mol. The van der Waals surface area contributed by atoms with Gasteiger partial charge in [0.15, 0.2) is 0 Å². The van der Waals surface area contributed by atoms with Gasteiger partial charge in [-0.3, -0.25) is 0 Å². The van der Waals surface area contributed by atoms with Crippen molar-refractivity contribution in [1.82, 2.24) is 0 Å². The fraction of sp³-hybridized carbons (Fsp3) is 0.100. The molecule has 25 heavy (non-hydrogen) atoms. The lowest BCUT2D eigenvalue weighted by molar-refractivity contribution is 0.548. The van der Waals surface area contributed by atoms with Crippen molar-refractivity contribution in [3.8, 4) is 0 Å². The molecule has 0 aliphatic rings. The van der Waals surface area contributed by atoms with Crippen molar-refractivity contribution >= 4 is 46.0 Å². The molecule has 2 aromatic carbocycles. The van der Waals surface area contributed by atoms with Crippen molar-refractivity contribution in [1.29, 1.82) is 0 Å². The molecule has 0 saturated carbocycles. The van der Waals surface area contributed by atoms with E-state index >= 15 is 0 Å². The second kappa shape index (κ2) is 7.68. The highest BCUT2D eigenvalue weighted by molar-refractivity contribution is 6.33. The van der Waals surface area contributed by atoms with Crippen molar-refractivity contribution in [3.63, 3.8) is 0 Å². The first kappa shape index (κ1) is 17.5. The van der Waals surface area contributed by atoms with Gasteiger partial charge in [-0.1, -0.05) is 47.5 Å². The zero-order chi connectivity index (χ0) is 17.8. The Morgan fingerprint density at radius 2 is 1.08 bits per heavy atom. The lowest BCUT2D eigenvalue weighted by atomic mass is 10.2. The highest BCUT2D eigenvalue weighted by atomic mass is 35.5. The molecular formula is C20H16Cl2N2O. The fourth-order valence-corrected chi connectivity index (χ4v) is 2.64. The third kappa shape index (κ3) is 4.19. The van der Waals surface area contributed by atoms with E-state index in [-0.39, 0.29) is 0 Å². The van der Waals surface area contributed by atoms with E-state index in [4.69, 9.17) is 27.6 Å². The molecule has 0 N–H and O–H groups in total. The average Bonchev–Trinajstić information content (AvgIpc) is 3.09. The molecular weight excluding hydrogens is 355 g/mol. The van der Waals surface area contributed by atoms with Gasteiger partial charge in [0.25, 0.3) is 0 Å². The highest BCUT2D eigenvalue weighted by Gasteiger charge is 2.09. The van der Waals surface area contributed by atoms with Gasteiger partial charge in [0.05, 0.1) is 32.8 Å². The van der Waals surface area contributed by atoms with Gasteiger partial charge >= 0.3 is 0 Å². The number of benzene rings is 2. The minimum atomic E-state index is 0.602. The van der Waals surface area contributed by atoms with E-state index in [0.717, 1.165) is 11.4 Å². The van der Waals surface area contributed by atoms with Crippen LogP contribution < -0.4 is 0 Å². The summed E-state index contributed by atoms with van der Waals surface area (Å²) in [5.74, 6) is 1.34. The van der Waals surface area contributed by atoms with Crippen LogP contribution in [-0.2, 0) is 0 Å². The summed E-state index contributed by atoms with van der Waals surface area (Å²) < 4.78 is 5.88. The van der Waals surface area contributed by atoms with Gasteiger partial charge in [0.2, 0.25) is 0 Å². The first-order valence-corrected chi connectivity index (χ1v) is 8.50. The van der Waals surface area contributed by atoms with Gasteiger partial charge in [-0.15, -0.1) is 0 Å². The van der Waals surface area contributed by atoms with E-state index in [1.54, 1.807) is 0 Å². The Hall–Kier alpha value is -2.36. The van der Waals surface area contributed by atoms with Gasteiger partial charge in [-0.25, -0.2) is 9.98 Å². The predicted molar refractivity (Wildman–Crippen MR) is 105 cm³/mol. The van der Waals surface area contributed by atoms with Crippen LogP contribution in [0, 0.1) is 0 Å². The van der Waals surface area contributed by atoms with E-state index in [1.807, 2.05) is 74.5 Å². The minimum absolute atomic E-state index is 0.602. The van der Waals surface area contributed by atoms with Crippen LogP contribution in [0.2, 0.25) is 10.0 Å². The summed E-state index contributed by atoms with van der Waals surface area (Å²) in [5, 5.41) is 1.20. The number of hydrogen-bond donors (Lipinski definition) is 0. The predicted octanol–water partition coefficient (Wildman–Crippen LogP) is 6.87. The molecule has 0 radical (unpaired) electrons. The van der Waals surface area contributed by atoms with Crippen molar-refractivity contribution in [2.24, 2.45) is 9.98 Å². The molecule has 0 amide bonds. The van der Waals surface area contributed by atoms with Gasteiger partial charge < -0.3 is 4.42 Å². The van der Waals surface area contributed by atoms with Gasteiger partial charge in [0, 0.05) is 0 Å². The number of halogens is 2. The van der Waals surface area contributed by atoms with Gasteiger partial charge in [-0.05, 0) is 50.2 Å². The van der Waals surface area contributed by atoms with E-state index < -0.39 is 0 Å². The molecule has 126 valence electrons. The van der Waals surface area contributed by atoms with Crippen LogP contribution in [-0.4, -0.2) is 11.4 Å². The Morgan fingerprint density at radius 3 is 1.48 bits per heavy atom. The number of rotatable bonds is 4. The topological polar surface area (TPSA) is 37.9 Å². The number of furan rings is 1. The molecule has 0 atom stereocenters. The van der Waals surface area contributed by atoms with Crippen molar-refractivity contribution in [2.75, 3.05) is 0 Å². The van der Waals surface area contributed by atoms with Crippen molar-refractivity contribution < 1.29 is 4.42 Å². The summed E-state index contributed by atoms with van der Waals surface area (Å²) >= 11 is 12.3.